The minimum atomic E-state index is -0.514. The molecule has 7 nitrogen and oxygen atoms in total. The second-order valence-corrected chi connectivity index (χ2v) is 8.82. The first-order chi connectivity index (χ1) is 13.1. The lowest BCUT2D eigenvalue weighted by molar-refractivity contribution is -0.131. The Balaban J connectivity index is 1.69. The van der Waals surface area contributed by atoms with E-state index < -0.39 is 11.7 Å². The Morgan fingerprint density at radius 3 is 2.46 bits per heavy atom. The number of hydrogen-bond acceptors (Lipinski definition) is 4. The van der Waals surface area contributed by atoms with E-state index in [1.165, 1.54) is 0 Å². The number of hydrogen-bond donors (Lipinski definition) is 2. The van der Waals surface area contributed by atoms with Crippen molar-refractivity contribution in [3.8, 4) is 0 Å². The van der Waals surface area contributed by atoms with Gasteiger partial charge in [-0.2, -0.15) is 0 Å². The molecule has 28 heavy (non-hydrogen) atoms. The van der Waals surface area contributed by atoms with E-state index in [0.717, 1.165) is 17.3 Å². The van der Waals surface area contributed by atoms with Crippen LogP contribution in [0.15, 0.2) is 28.7 Å². The van der Waals surface area contributed by atoms with Crippen molar-refractivity contribution in [3.05, 3.63) is 34.3 Å². The largest absolute Gasteiger partial charge is 0.444 e. The van der Waals surface area contributed by atoms with Gasteiger partial charge in [-0.05, 0) is 57.7 Å². The van der Waals surface area contributed by atoms with Gasteiger partial charge in [0.05, 0.1) is 6.54 Å². The Kier molecular flexibility index (Phi) is 7.86. The van der Waals surface area contributed by atoms with E-state index in [1.54, 1.807) is 23.1 Å². The monoisotopic (exact) mass is 453 g/mol. The third kappa shape index (κ3) is 7.50. The van der Waals surface area contributed by atoms with Gasteiger partial charge in [0.25, 0.3) is 5.91 Å². The highest BCUT2D eigenvalue weighted by Gasteiger charge is 2.24. The third-order valence-corrected chi connectivity index (χ3v) is 4.88. The average molecular weight is 454 g/mol. The zero-order valence-electron chi connectivity index (χ0n) is 16.6. The molecule has 0 spiro atoms. The Morgan fingerprint density at radius 1 is 1.18 bits per heavy atom. The first kappa shape index (κ1) is 22.2. The molecule has 0 aromatic heterocycles. The van der Waals surface area contributed by atoms with Crippen molar-refractivity contribution in [3.63, 3.8) is 0 Å². The van der Waals surface area contributed by atoms with Gasteiger partial charge < -0.3 is 20.3 Å². The second kappa shape index (κ2) is 9.91. The molecule has 8 heteroatoms. The number of rotatable bonds is 5. The minimum absolute atomic E-state index is 0.0217. The average Bonchev–Trinajstić information content (AvgIpc) is 2.63. The molecule has 1 aliphatic rings. The van der Waals surface area contributed by atoms with Crippen LogP contribution in [0.2, 0.25) is 0 Å². The molecule has 0 radical (unpaired) electrons. The van der Waals surface area contributed by atoms with Crippen molar-refractivity contribution in [2.75, 3.05) is 26.2 Å². The maximum absolute atomic E-state index is 12.3. The van der Waals surface area contributed by atoms with E-state index in [1.807, 2.05) is 26.8 Å². The molecule has 1 heterocycles. The smallest absolute Gasteiger partial charge is 0.407 e. The predicted molar refractivity (Wildman–Crippen MR) is 110 cm³/mol. The van der Waals surface area contributed by atoms with Crippen LogP contribution < -0.4 is 10.6 Å². The quantitative estimate of drug-likeness (QED) is 0.716. The highest BCUT2D eigenvalue weighted by Crippen LogP contribution is 2.17. The number of halogens is 1. The van der Waals surface area contributed by atoms with E-state index in [0.29, 0.717) is 31.1 Å². The van der Waals surface area contributed by atoms with Crippen molar-refractivity contribution < 1.29 is 19.1 Å². The SMILES string of the molecule is CC(C)(C)OC(=O)NCC1CCN(C(=O)CNC(=O)c2cccc(Br)c2)CC1. The summed E-state index contributed by atoms with van der Waals surface area (Å²) in [5, 5.41) is 5.46. The number of benzene rings is 1. The van der Waals surface area contributed by atoms with Gasteiger partial charge in [0, 0.05) is 29.7 Å². The van der Waals surface area contributed by atoms with Crippen LogP contribution in [0.4, 0.5) is 4.79 Å². The molecule has 0 saturated carbocycles. The highest BCUT2D eigenvalue weighted by atomic mass is 79.9. The zero-order chi connectivity index (χ0) is 20.7. The summed E-state index contributed by atoms with van der Waals surface area (Å²) >= 11 is 3.33. The van der Waals surface area contributed by atoms with E-state index in [4.69, 9.17) is 4.74 Å². The molecule has 1 aromatic rings. The summed E-state index contributed by atoms with van der Waals surface area (Å²) < 4.78 is 6.04. The Morgan fingerprint density at radius 2 is 1.86 bits per heavy atom. The van der Waals surface area contributed by atoms with Crippen LogP contribution in [-0.4, -0.2) is 54.6 Å². The minimum Gasteiger partial charge on any atom is -0.444 e. The second-order valence-electron chi connectivity index (χ2n) is 7.90. The molecule has 1 aliphatic heterocycles. The number of nitrogens with one attached hydrogen (secondary N) is 2. The standard InChI is InChI=1S/C20H28BrN3O4/c1-20(2,3)28-19(27)23-12-14-7-9-24(10-8-14)17(25)13-22-18(26)15-5-4-6-16(21)11-15/h4-6,11,14H,7-10,12-13H2,1-3H3,(H,22,26)(H,23,27). The normalized spacial score (nSPS) is 15.1. The zero-order valence-corrected chi connectivity index (χ0v) is 18.2. The van der Waals surface area contributed by atoms with Crippen LogP contribution in [0.3, 0.4) is 0 Å². The lowest BCUT2D eigenvalue weighted by atomic mass is 9.97. The molecule has 154 valence electrons. The summed E-state index contributed by atoms with van der Waals surface area (Å²) in [6.45, 7) is 7.23. The van der Waals surface area contributed by atoms with Crippen LogP contribution in [0.5, 0.6) is 0 Å². The molecule has 2 rings (SSSR count). The number of nitrogens with zero attached hydrogens (tertiary/aromatic N) is 1. The molecule has 0 atom stereocenters. The predicted octanol–water partition coefficient (Wildman–Crippen LogP) is 2.94. The van der Waals surface area contributed by atoms with Gasteiger partial charge in [0.15, 0.2) is 0 Å². The van der Waals surface area contributed by atoms with Crippen molar-refractivity contribution in [2.45, 2.75) is 39.2 Å². The molecule has 0 aliphatic carbocycles. The first-order valence-electron chi connectivity index (χ1n) is 9.42. The highest BCUT2D eigenvalue weighted by molar-refractivity contribution is 9.10. The fraction of sp³-hybridized carbons (Fsp3) is 0.550. The maximum atomic E-state index is 12.3. The third-order valence-electron chi connectivity index (χ3n) is 4.39. The fourth-order valence-corrected chi connectivity index (χ4v) is 3.33. The number of likely N-dealkylation sites (tertiary alicyclic amines) is 1. The van der Waals surface area contributed by atoms with Crippen molar-refractivity contribution >= 4 is 33.8 Å². The van der Waals surface area contributed by atoms with Gasteiger partial charge in [-0.25, -0.2) is 4.79 Å². The van der Waals surface area contributed by atoms with Crippen LogP contribution in [0, 0.1) is 5.92 Å². The summed E-state index contributed by atoms with van der Waals surface area (Å²) in [6, 6.07) is 7.03. The van der Waals surface area contributed by atoms with Crippen LogP contribution in [-0.2, 0) is 9.53 Å². The van der Waals surface area contributed by atoms with Gasteiger partial charge in [0.2, 0.25) is 5.91 Å². The van der Waals surface area contributed by atoms with Crippen molar-refractivity contribution in [2.24, 2.45) is 5.92 Å². The summed E-state index contributed by atoms with van der Waals surface area (Å²) in [6.07, 6.45) is 1.20. The molecule has 0 unspecified atom stereocenters. The van der Waals surface area contributed by atoms with Crippen molar-refractivity contribution in [1.29, 1.82) is 0 Å². The van der Waals surface area contributed by atoms with Crippen LogP contribution >= 0.6 is 15.9 Å². The van der Waals surface area contributed by atoms with Gasteiger partial charge >= 0.3 is 6.09 Å². The summed E-state index contributed by atoms with van der Waals surface area (Å²) in [5.74, 6) is -0.0548. The molecule has 1 saturated heterocycles. The lowest BCUT2D eigenvalue weighted by Crippen LogP contribution is -2.45. The Labute approximate surface area is 174 Å². The first-order valence-corrected chi connectivity index (χ1v) is 10.2. The molecule has 2 N–H and O–H groups in total. The van der Waals surface area contributed by atoms with E-state index in [-0.39, 0.29) is 18.4 Å². The van der Waals surface area contributed by atoms with Crippen molar-refractivity contribution in [1.82, 2.24) is 15.5 Å². The van der Waals surface area contributed by atoms with Gasteiger partial charge in [-0.1, -0.05) is 22.0 Å². The number of alkyl carbamates (subject to hydrolysis) is 1. The fourth-order valence-electron chi connectivity index (χ4n) is 2.93. The number of ether oxygens (including phenoxy) is 1. The van der Waals surface area contributed by atoms with Crippen LogP contribution in [0.25, 0.3) is 0 Å². The molecule has 3 amide bonds. The molecular formula is C20H28BrN3O4. The molecule has 1 aromatic carbocycles. The summed E-state index contributed by atoms with van der Waals surface area (Å²) in [5.41, 5.74) is -0.00533. The maximum Gasteiger partial charge on any atom is 0.407 e. The van der Waals surface area contributed by atoms with Gasteiger partial charge in [-0.3, -0.25) is 9.59 Å². The lowest BCUT2D eigenvalue weighted by Gasteiger charge is -2.32. The number of amides is 3. The summed E-state index contributed by atoms with van der Waals surface area (Å²) in [4.78, 5) is 37.9. The van der Waals surface area contributed by atoms with E-state index in [9.17, 15) is 14.4 Å². The number of piperidine rings is 1. The number of carbonyl (C=O) groups is 3. The summed E-state index contributed by atoms with van der Waals surface area (Å²) in [7, 11) is 0. The Hall–Kier alpha value is -2.09. The van der Waals surface area contributed by atoms with E-state index in [2.05, 4.69) is 26.6 Å². The van der Waals surface area contributed by atoms with E-state index >= 15 is 0 Å². The van der Waals surface area contributed by atoms with Gasteiger partial charge in [0.1, 0.15) is 5.60 Å². The van der Waals surface area contributed by atoms with Crippen LogP contribution in [0.1, 0.15) is 44.0 Å². The molecule has 0 bridgehead atoms. The Bertz CT molecular complexity index is 710. The number of carbonyl (C=O) groups excluding carboxylic acids is 3. The molecule has 1 fully saturated rings. The van der Waals surface area contributed by atoms with Gasteiger partial charge in [-0.15, -0.1) is 0 Å². The topological polar surface area (TPSA) is 87.7 Å². The molecular weight excluding hydrogens is 426 g/mol.